The highest BCUT2D eigenvalue weighted by Crippen LogP contribution is 2.27. The molecule has 0 bridgehead atoms. The third-order valence-corrected chi connectivity index (χ3v) is 3.41. The molecule has 0 aliphatic heterocycles. The lowest BCUT2D eigenvalue weighted by Gasteiger charge is -2.07. The van der Waals surface area contributed by atoms with Gasteiger partial charge in [0.15, 0.2) is 0 Å². The Balaban J connectivity index is 2.14. The molecular weight excluding hydrogens is 256 g/mol. The van der Waals surface area contributed by atoms with Crippen LogP contribution in [-0.4, -0.2) is 32.1 Å². The lowest BCUT2D eigenvalue weighted by atomic mass is 10.2. The fourth-order valence-corrected chi connectivity index (χ4v) is 2.34. The molecule has 0 saturated carbocycles. The van der Waals surface area contributed by atoms with Gasteiger partial charge in [0.25, 0.3) is 4.96 Å². The Labute approximate surface area is 107 Å². The molecule has 0 aromatic carbocycles. The minimum Gasteiger partial charge on any atom is -0.393 e. The number of thiazole rings is 1. The first-order valence-electron chi connectivity index (χ1n) is 5.65. The van der Waals surface area contributed by atoms with Crippen LogP contribution in [0.1, 0.15) is 19.8 Å². The summed E-state index contributed by atoms with van der Waals surface area (Å²) in [5.41, 5.74) is 0. The molecule has 1 unspecified atom stereocenters. The summed E-state index contributed by atoms with van der Waals surface area (Å²) < 4.78 is 1.45. The van der Waals surface area contributed by atoms with Crippen LogP contribution < -0.4 is 5.32 Å². The molecular formula is C10H14N4O3S. The highest BCUT2D eigenvalue weighted by molar-refractivity contribution is 7.15. The monoisotopic (exact) mass is 270 g/mol. The molecule has 2 N–H and O–H groups in total. The van der Waals surface area contributed by atoms with E-state index in [4.69, 9.17) is 0 Å². The van der Waals surface area contributed by atoms with Crippen molar-refractivity contribution < 1.29 is 10.0 Å². The quantitative estimate of drug-likeness (QED) is 0.617. The summed E-state index contributed by atoms with van der Waals surface area (Å²) in [6, 6.07) is 0. The van der Waals surface area contributed by atoms with Gasteiger partial charge in [-0.2, -0.15) is 9.38 Å². The lowest BCUT2D eigenvalue weighted by molar-refractivity contribution is -0.389. The summed E-state index contributed by atoms with van der Waals surface area (Å²) in [6.45, 7) is 2.35. The molecule has 2 heterocycles. The molecule has 0 saturated heterocycles. The van der Waals surface area contributed by atoms with Gasteiger partial charge in [-0.1, -0.05) is 18.3 Å². The standard InChI is InChI=1S/C10H14N4O3S/c1-2-7(15)3-4-11-8-9(14(16)17)13-5-6-18-10(13)12-8/h5-7,11,15H,2-4H2,1H3. The second-order valence-corrected chi connectivity index (χ2v) is 4.75. The number of anilines is 1. The first-order valence-corrected chi connectivity index (χ1v) is 6.53. The van der Waals surface area contributed by atoms with Crippen molar-refractivity contribution in [3.05, 3.63) is 21.7 Å². The van der Waals surface area contributed by atoms with E-state index in [1.165, 1.54) is 15.7 Å². The third kappa shape index (κ3) is 2.44. The summed E-state index contributed by atoms with van der Waals surface area (Å²) in [6.07, 6.45) is 2.44. The maximum absolute atomic E-state index is 11.0. The Morgan fingerprint density at radius 2 is 2.50 bits per heavy atom. The van der Waals surface area contributed by atoms with E-state index in [0.29, 0.717) is 24.3 Å². The maximum Gasteiger partial charge on any atom is 0.372 e. The zero-order valence-electron chi connectivity index (χ0n) is 9.87. The second-order valence-electron chi connectivity index (χ2n) is 3.87. The van der Waals surface area contributed by atoms with Gasteiger partial charge in [-0.05, 0) is 17.8 Å². The van der Waals surface area contributed by atoms with Crippen molar-refractivity contribution in [1.29, 1.82) is 0 Å². The van der Waals surface area contributed by atoms with Gasteiger partial charge in [0.2, 0.25) is 5.82 Å². The average Bonchev–Trinajstić information content (AvgIpc) is 2.87. The van der Waals surface area contributed by atoms with Gasteiger partial charge in [-0.3, -0.25) is 0 Å². The third-order valence-electron chi connectivity index (χ3n) is 2.65. The zero-order valence-corrected chi connectivity index (χ0v) is 10.7. The van der Waals surface area contributed by atoms with Gasteiger partial charge in [0, 0.05) is 11.9 Å². The fourth-order valence-electron chi connectivity index (χ4n) is 1.63. The largest absolute Gasteiger partial charge is 0.393 e. The van der Waals surface area contributed by atoms with E-state index in [1.54, 1.807) is 11.6 Å². The number of nitrogens with zero attached hydrogens (tertiary/aromatic N) is 3. The van der Waals surface area contributed by atoms with Crippen molar-refractivity contribution in [1.82, 2.24) is 9.38 Å². The first kappa shape index (κ1) is 12.8. The van der Waals surface area contributed by atoms with E-state index in [0.717, 1.165) is 0 Å². The number of fused-ring (bicyclic) bond motifs is 1. The Bertz CT molecular complexity index is 550. The fraction of sp³-hybridized carbons (Fsp3) is 0.500. The van der Waals surface area contributed by atoms with E-state index in [1.807, 2.05) is 6.92 Å². The summed E-state index contributed by atoms with van der Waals surface area (Å²) in [5, 5.41) is 25.1. The predicted octanol–water partition coefficient (Wildman–Crippen LogP) is 1.88. The molecule has 0 aliphatic rings. The van der Waals surface area contributed by atoms with Crippen molar-refractivity contribution >= 4 is 27.9 Å². The maximum atomic E-state index is 11.0. The minimum atomic E-state index is -0.453. The molecule has 98 valence electrons. The van der Waals surface area contributed by atoms with Gasteiger partial charge in [-0.15, -0.1) is 0 Å². The Hall–Kier alpha value is -1.67. The minimum absolute atomic E-state index is 0.0581. The average molecular weight is 270 g/mol. The lowest BCUT2D eigenvalue weighted by Crippen LogP contribution is -2.13. The summed E-state index contributed by atoms with van der Waals surface area (Å²) in [4.78, 5) is 15.3. The molecule has 2 rings (SSSR count). The molecule has 2 aromatic rings. The Kier molecular flexibility index (Phi) is 3.78. The molecule has 18 heavy (non-hydrogen) atoms. The Morgan fingerprint density at radius 1 is 1.72 bits per heavy atom. The molecule has 0 aliphatic carbocycles. The Morgan fingerprint density at radius 3 is 3.17 bits per heavy atom. The molecule has 8 heteroatoms. The second kappa shape index (κ2) is 5.32. The van der Waals surface area contributed by atoms with Crippen LogP contribution in [0.4, 0.5) is 11.6 Å². The summed E-state index contributed by atoms with van der Waals surface area (Å²) >= 11 is 1.34. The van der Waals surface area contributed by atoms with Crippen LogP contribution in [0.5, 0.6) is 0 Å². The van der Waals surface area contributed by atoms with Crippen molar-refractivity contribution in [3.8, 4) is 0 Å². The number of aliphatic hydroxyl groups is 1. The molecule has 1 atom stereocenters. The highest BCUT2D eigenvalue weighted by atomic mass is 32.1. The van der Waals surface area contributed by atoms with Crippen LogP contribution in [0.2, 0.25) is 0 Å². The number of nitrogens with one attached hydrogen (secondary N) is 1. The highest BCUT2D eigenvalue weighted by Gasteiger charge is 2.23. The number of aromatic nitrogens is 2. The van der Waals surface area contributed by atoms with Crippen molar-refractivity contribution in [2.75, 3.05) is 11.9 Å². The van der Waals surface area contributed by atoms with Crippen molar-refractivity contribution in [3.63, 3.8) is 0 Å². The van der Waals surface area contributed by atoms with Crippen LogP contribution in [0.3, 0.4) is 0 Å². The van der Waals surface area contributed by atoms with Gasteiger partial charge in [0.05, 0.1) is 6.10 Å². The van der Waals surface area contributed by atoms with Gasteiger partial charge >= 0.3 is 5.82 Å². The molecule has 0 amide bonds. The van der Waals surface area contributed by atoms with E-state index < -0.39 is 4.92 Å². The van der Waals surface area contributed by atoms with Gasteiger partial charge in [-0.25, -0.2) is 0 Å². The summed E-state index contributed by atoms with van der Waals surface area (Å²) in [5.74, 6) is 0.201. The number of hydrogen-bond acceptors (Lipinski definition) is 6. The normalized spacial score (nSPS) is 12.8. The number of rotatable bonds is 6. The van der Waals surface area contributed by atoms with Crippen LogP contribution >= 0.6 is 11.3 Å². The number of hydrogen-bond donors (Lipinski definition) is 2. The molecule has 0 spiro atoms. The van der Waals surface area contributed by atoms with E-state index in [2.05, 4.69) is 10.3 Å². The number of nitro groups is 1. The SMILES string of the molecule is CCC(O)CCNc1nc2sccn2c1[N+](=O)[O-]. The molecule has 0 radical (unpaired) electrons. The van der Waals surface area contributed by atoms with E-state index in [9.17, 15) is 15.2 Å². The van der Waals surface area contributed by atoms with Gasteiger partial charge in [0.1, 0.15) is 6.20 Å². The van der Waals surface area contributed by atoms with Crippen molar-refractivity contribution in [2.24, 2.45) is 0 Å². The van der Waals surface area contributed by atoms with Crippen LogP contribution in [0, 0.1) is 10.1 Å². The number of aliphatic hydroxyl groups excluding tert-OH is 1. The summed E-state index contributed by atoms with van der Waals surface area (Å²) in [7, 11) is 0. The first-order chi connectivity index (χ1) is 8.63. The predicted molar refractivity (Wildman–Crippen MR) is 69.1 cm³/mol. The smallest absolute Gasteiger partial charge is 0.372 e. The van der Waals surface area contributed by atoms with Crippen LogP contribution in [-0.2, 0) is 0 Å². The molecule has 2 aromatic heterocycles. The van der Waals surface area contributed by atoms with E-state index in [-0.39, 0.29) is 17.7 Å². The van der Waals surface area contributed by atoms with Crippen LogP contribution in [0.25, 0.3) is 4.96 Å². The van der Waals surface area contributed by atoms with Crippen LogP contribution in [0.15, 0.2) is 11.6 Å². The zero-order chi connectivity index (χ0) is 13.1. The van der Waals surface area contributed by atoms with Gasteiger partial charge < -0.3 is 20.5 Å². The molecule has 7 nitrogen and oxygen atoms in total. The number of imidazole rings is 1. The molecule has 0 fully saturated rings. The van der Waals surface area contributed by atoms with E-state index >= 15 is 0 Å². The topological polar surface area (TPSA) is 92.7 Å². The van der Waals surface area contributed by atoms with Crippen molar-refractivity contribution in [2.45, 2.75) is 25.9 Å².